The molecule has 1 aromatic heterocycles. The molecule has 0 N–H and O–H groups in total. The quantitative estimate of drug-likeness (QED) is 0.264. The van der Waals surface area contributed by atoms with Crippen molar-refractivity contribution in [2.45, 2.75) is 20.8 Å². The molecule has 0 aliphatic carbocycles. The standard InChI is InChI=1S/C25H22FN3O2S/c1-4-31-21-10-6-18(7-11-21)15-27-29(24(30)19-8-5-16(2)17(3)13-19)25-28-22-12-9-20(26)14-23(22)32-25/h5-15H,4H2,1-3H3/b27-15+. The number of thiazole rings is 1. The van der Waals surface area contributed by atoms with Crippen LogP contribution in [0.15, 0.2) is 65.8 Å². The molecule has 162 valence electrons. The van der Waals surface area contributed by atoms with Gasteiger partial charge in [-0.15, -0.1) is 0 Å². The average molecular weight is 448 g/mol. The molecular weight excluding hydrogens is 425 g/mol. The lowest BCUT2D eigenvalue weighted by molar-refractivity contribution is 0.0987. The molecule has 4 rings (SSSR count). The van der Waals surface area contributed by atoms with Gasteiger partial charge in [0.2, 0.25) is 5.13 Å². The number of ether oxygens (including phenoxy) is 1. The van der Waals surface area contributed by atoms with E-state index >= 15 is 0 Å². The molecule has 5 nitrogen and oxygen atoms in total. The van der Waals surface area contributed by atoms with Gasteiger partial charge in [-0.3, -0.25) is 4.79 Å². The van der Waals surface area contributed by atoms with Gasteiger partial charge in [-0.05, 0) is 92.1 Å². The molecule has 3 aromatic carbocycles. The first-order chi connectivity index (χ1) is 15.4. The van der Waals surface area contributed by atoms with E-state index in [1.807, 2.05) is 57.2 Å². The number of nitrogens with zero attached hydrogens (tertiary/aromatic N) is 3. The average Bonchev–Trinajstić information content (AvgIpc) is 3.19. The van der Waals surface area contributed by atoms with Gasteiger partial charge < -0.3 is 4.74 Å². The fourth-order valence-corrected chi connectivity index (χ4v) is 4.05. The maximum Gasteiger partial charge on any atom is 0.280 e. The van der Waals surface area contributed by atoms with E-state index in [1.165, 1.54) is 28.5 Å². The van der Waals surface area contributed by atoms with Gasteiger partial charge in [0.15, 0.2) is 0 Å². The number of fused-ring (bicyclic) bond motifs is 1. The molecule has 0 bridgehead atoms. The number of amides is 1. The Bertz CT molecular complexity index is 1300. The highest BCUT2D eigenvalue weighted by Gasteiger charge is 2.21. The SMILES string of the molecule is CCOc1ccc(/C=N/N(C(=O)c2ccc(C)c(C)c2)c2nc3ccc(F)cc3s2)cc1. The highest BCUT2D eigenvalue weighted by Crippen LogP contribution is 2.31. The second-order valence-corrected chi connectivity index (χ2v) is 8.28. The largest absolute Gasteiger partial charge is 0.494 e. The molecule has 0 unspecified atom stereocenters. The number of carbonyl (C=O) groups excluding carboxylic acids is 1. The highest BCUT2D eigenvalue weighted by atomic mass is 32.1. The number of halogens is 1. The number of hydrogen-bond donors (Lipinski definition) is 0. The molecule has 0 fully saturated rings. The number of hydrogen-bond acceptors (Lipinski definition) is 5. The van der Waals surface area contributed by atoms with Crippen LogP contribution in [0.1, 0.15) is 34.0 Å². The van der Waals surface area contributed by atoms with E-state index in [4.69, 9.17) is 4.74 Å². The third kappa shape index (κ3) is 4.68. The predicted octanol–water partition coefficient (Wildman–Crippen LogP) is 6.13. The Kier molecular flexibility index (Phi) is 6.28. The summed E-state index contributed by atoms with van der Waals surface area (Å²) in [6.45, 7) is 6.47. The number of hydrazone groups is 1. The van der Waals surface area contributed by atoms with Gasteiger partial charge in [-0.1, -0.05) is 17.4 Å². The normalized spacial score (nSPS) is 11.2. The summed E-state index contributed by atoms with van der Waals surface area (Å²) in [7, 11) is 0. The van der Waals surface area contributed by atoms with Crippen molar-refractivity contribution in [1.82, 2.24) is 4.98 Å². The molecule has 0 spiro atoms. The summed E-state index contributed by atoms with van der Waals surface area (Å²) in [4.78, 5) is 17.9. The number of benzene rings is 3. The zero-order chi connectivity index (χ0) is 22.7. The van der Waals surface area contributed by atoms with Crippen LogP contribution in [0.3, 0.4) is 0 Å². The Labute approximate surface area is 189 Å². The van der Waals surface area contributed by atoms with Crippen molar-refractivity contribution in [2.75, 3.05) is 11.6 Å². The summed E-state index contributed by atoms with van der Waals surface area (Å²) in [6.07, 6.45) is 1.60. The first-order valence-corrected chi connectivity index (χ1v) is 11.0. The van der Waals surface area contributed by atoms with Gasteiger partial charge >= 0.3 is 0 Å². The van der Waals surface area contributed by atoms with Crippen molar-refractivity contribution >= 4 is 38.8 Å². The van der Waals surface area contributed by atoms with Crippen molar-refractivity contribution in [3.05, 3.63) is 88.7 Å². The minimum absolute atomic E-state index is 0.310. The third-order valence-corrected chi connectivity index (χ3v) is 5.97. The van der Waals surface area contributed by atoms with Gasteiger partial charge in [0.25, 0.3) is 5.91 Å². The van der Waals surface area contributed by atoms with Crippen LogP contribution in [0.5, 0.6) is 5.75 Å². The second kappa shape index (κ2) is 9.28. The molecule has 1 heterocycles. The van der Waals surface area contributed by atoms with Crippen LogP contribution in [0.4, 0.5) is 9.52 Å². The van der Waals surface area contributed by atoms with E-state index in [1.54, 1.807) is 18.3 Å². The van der Waals surface area contributed by atoms with Crippen LogP contribution < -0.4 is 9.75 Å². The molecule has 7 heteroatoms. The predicted molar refractivity (Wildman–Crippen MR) is 128 cm³/mol. The van der Waals surface area contributed by atoms with E-state index < -0.39 is 0 Å². The number of anilines is 1. The summed E-state index contributed by atoms with van der Waals surface area (Å²) in [5.74, 6) is 0.105. The molecule has 0 aliphatic heterocycles. The van der Waals surface area contributed by atoms with Crippen LogP contribution >= 0.6 is 11.3 Å². The summed E-state index contributed by atoms with van der Waals surface area (Å²) in [5.41, 5.74) is 4.03. The summed E-state index contributed by atoms with van der Waals surface area (Å²) >= 11 is 1.21. The van der Waals surface area contributed by atoms with Crippen LogP contribution in [-0.4, -0.2) is 23.7 Å². The molecule has 0 saturated carbocycles. The fraction of sp³-hybridized carbons (Fsp3) is 0.160. The Morgan fingerprint density at radius 3 is 2.59 bits per heavy atom. The smallest absolute Gasteiger partial charge is 0.280 e. The minimum atomic E-state index is -0.349. The Morgan fingerprint density at radius 1 is 1.09 bits per heavy atom. The van der Waals surface area contributed by atoms with Crippen molar-refractivity contribution in [3.8, 4) is 5.75 Å². The van der Waals surface area contributed by atoms with Crippen LogP contribution in [0.2, 0.25) is 0 Å². The van der Waals surface area contributed by atoms with E-state index in [0.29, 0.717) is 27.5 Å². The second-order valence-electron chi connectivity index (χ2n) is 7.27. The maximum absolute atomic E-state index is 13.7. The lowest BCUT2D eigenvalue weighted by Crippen LogP contribution is -2.25. The molecule has 1 amide bonds. The molecule has 32 heavy (non-hydrogen) atoms. The lowest BCUT2D eigenvalue weighted by Gasteiger charge is -2.14. The molecule has 0 saturated heterocycles. The number of carbonyl (C=O) groups is 1. The monoisotopic (exact) mass is 447 g/mol. The zero-order valence-corrected chi connectivity index (χ0v) is 18.8. The zero-order valence-electron chi connectivity index (χ0n) is 18.0. The van der Waals surface area contributed by atoms with Crippen molar-refractivity contribution in [2.24, 2.45) is 5.10 Å². The van der Waals surface area contributed by atoms with E-state index in [9.17, 15) is 9.18 Å². The van der Waals surface area contributed by atoms with Crippen molar-refractivity contribution in [1.29, 1.82) is 0 Å². The Hall–Kier alpha value is -3.58. The molecule has 0 aliphatic rings. The van der Waals surface area contributed by atoms with Crippen molar-refractivity contribution < 1.29 is 13.9 Å². The number of rotatable bonds is 6. The Morgan fingerprint density at radius 2 is 1.88 bits per heavy atom. The summed E-state index contributed by atoms with van der Waals surface area (Å²) in [6, 6.07) is 17.3. The lowest BCUT2D eigenvalue weighted by atomic mass is 10.1. The van der Waals surface area contributed by atoms with Crippen LogP contribution in [0, 0.1) is 19.7 Å². The van der Waals surface area contributed by atoms with Gasteiger partial charge in [0.05, 0.1) is 23.0 Å². The summed E-state index contributed by atoms with van der Waals surface area (Å²) < 4.78 is 19.8. The molecule has 4 aromatic rings. The van der Waals surface area contributed by atoms with Gasteiger partial charge in [-0.25, -0.2) is 9.37 Å². The molecule has 0 atom stereocenters. The Balaban J connectivity index is 1.72. The van der Waals surface area contributed by atoms with E-state index in [-0.39, 0.29) is 11.7 Å². The first-order valence-electron chi connectivity index (χ1n) is 10.2. The maximum atomic E-state index is 13.7. The highest BCUT2D eigenvalue weighted by molar-refractivity contribution is 7.22. The van der Waals surface area contributed by atoms with Gasteiger partial charge in [-0.2, -0.15) is 10.1 Å². The first kappa shape index (κ1) is 21.6. The van der Waals surface area contributed by atoms with Gasteiger partial charge in [0.1, 0.15) is 11.6 Å². The number of aromatic nitrogens is 1. The fourth-order valence-electron chi connectivity index (χ4n) is 3.10. The van der Waals surface area contributed by atoms with Crippen LogP contribution in [-0.2, 0) is 0 Å². The van der Waals surface area contributed by atoms with Crippen molar-refractivity contribution in [3.63, 3.8) is 0 Å². The number of aryl methyl sites for hydroxylation is 2. The molecular formula is C25H22FN3O2S. The van der Waals surface area contributed by atoms with Crippen LogP contribution in [0.25, 0.3) is 10.2 Å². The third-order valence-electron chi connectivity index (χ3n) is 4.98. The summed E-state index contributed by atoms with van der Waals surface area (Å²) in [5, 5.41) is 6.10. The van der Waals surface area contributed by atoms with E-state index in [0.717, 1.165) is 22.4 Å². The topological polar surface area (TPSA) is 54.8 Å². The van der Waals surface area contributed by atoms with Gasteiger partial charge in [0, 0.05) is 5.56 Å². The van der Waals surface area contributed by atoms with E-state index in [2.05, 4.69) is 10.1 Å². The molecule has 0 radical (unpaired) electrons. The minimum Gasteiger partial charge on any atom is -0.494 e.